The van der Waals surface area contributed by atoms with Crippen molar-refractivity contribution in [2.75, 3.05) is 13.1 Å². The van der Waals surface area contributed by atoms with Gasteiger partial charge < -0.3 is 25.1 Å². The van der Waals surface area contributed by atoms with Crippen LogP contribution in [0, 0.1) is 5.92 Å². The molecular formula is C27H28N6O3. The minimum Gasteiger partial charge on any atom is -0.351 e. The predicted molar refractivity (Wildman–Crippen MR) is 135 cm³/mol. The summed E-state index contributed by atoms with van der Waals surface area (Å²) in [5, 5.41) is 3.89. The molecule has 0 radical (unpaired) electrons. The number of hydrogen-bond acceptors (Lipinski definition) is 4. The van der Waals surface area contributed by atoms with Gasteiger partial charge in [0.1, 0.15) is 11.7 Å². The summed E-state index contributed by atoms with van der Waals surface area (Å²) >= 11 is 0. The molecule has 3 amide bonds. The molecule has 3 N–H and O–H groups in total. The average Bonchev–Trinajstić information content (AvgIpc) is 3.67. The van der Waals surface area contributed by atoms with Gasteiger partial charge in [-0.1, -0.05) is 44.2 Å². The molecule has 36 heavy (non-hydrogen) atoms. The molecule has 4 aromatic rings. The molecule has 3 atom stereocenters. The van der Waals surface area contributed by atoms with E-state index >= 15 is 0 Å². The van der Waals surface area contributed by atoms with Crippen LogP contribution >= 0.6 is 0 Å². The Labute approximate surface area is 207 Å². The third-order valence-corrected chi connectivity index (χ3v) is 7.37. The molecule has 184 valence electrons. The Kier molecular flexibility index (Phi) is 5.28. The number of benzene rings is 2. The lowest BCUT2D eigenvalue weighted by Crippen LogP contribution is -2.57. The fourth-order valence-electron chi connectivity index (χ4n) is 5.48. The molecule has 2 bridgehead atoms. The van der Waals surface area contributed by atoms with Gasteiger partial charge in [0.25, 0.3) is 11.8 Å². The molecule has 2 fully saturated rings. The lowest BCUT2D eigenvalue weighted by atomic mass is 10.0. The number of fused-ring (bicyclic) bond motifs is 4. The summed E-state index contributed by atoms with van der Waals surface area (Å²) in [6.07, 6.45) is 0.735. The van der Waals surface area contributed by atoms with E-state index in [1.807, 2.05) is 72.2 Å². The zero-order valence-corrected chi connectivity index (χ0v) is 20.2. The Morgan fingerprint density at radius 2 is 1.64 bits per heavy atom. The van der Waals surface area contributed by atoms with Crippen LogP contribution in [0.15, 0.2) is 54.6 Å². The van der Waals surface area contributed by atoms with Gasteiger partial charge in [-0.05, 0) is 36.6 Å². The Morgan fingerprint density at radius 1 is 0.944 bits per heavy atom. The van der Waals surface area contributed by atoms with Crippen LogP contribution in [0.1, 0.15) is 41.4 Å². The van der Waals surface area contributed by atoms with Crippen molar-refractivity contribution in [2.45, 2.75) is 38.4 Å². The van der Waals surface area contributed by atoms with Crippen molar-refractivity contribution in [3.8, 4) is 0 Å². The second-order valence-electron chi connectivity index (χ2n) is 10.1. The third-order valence-electron chi connectivity index (χ3n) is 7.37. The SMILES string of the molecule is CC(C)[C@H](NC(=O)c1cc2ccccc2[nH]1)C(=O)N1C[C@@H]2C[C@H]1CN2C(=O)c1nc2ccccc2[nH]1. The summed E-state index contributed by atoms with van der Waals surface area (Å²) in [7, 11) is 0. The van der Waals surface area contributed by atoms with Crippen LogP contribution in [0.2, 0.25) is 0 Å². The molecule has 2 aliphatic rings. The fourth-order valence-corrected chi connectivity index (χ4v) is 5.48. The third kappa shape index (κ3) is 3.71. The largest absolute Gasteiger partial charge is 0.351 e. The number of para-hydroxylation sites is 3. The number of piperazine rings is 1. The number of likely N-dealkylation sites (tertiary alicyclic amines) is 2. The summed E-state index contributed by atoms with van der Waals surface area (Å²) < 4.78 is 0. The number of aromatic nitrogens is 3. The first-order valence-electron chi connectivity index (χ1n) is 12.3. The molecule has 2 aromatic carbocycles. The van der Waals surface area contributed by atoms with E-state index < -0.39 is 6.04 Å². The number of nitrogens with one attached hydrogen (secondary N) is 3. The van der Waals surface area contributed by atoms with Gasteiger partial charge in [0.2, 0.25) is 5.91 Å². The van der Waals surface area contributed by atoms with Gasteiger partial charge in [0, 0.05) is 24.0 Å². The second kappa shape index (κ2) is 8.51. The van der Waals surface area contributed by atoms with E-state index in [1.54, 1.807) is 6.07 Å². The highest BCUT2D eigenvalue weighted by molar-refractivity contribution is 6.00. The van der Waals surface area contributed by atoms with Gasteiger partial charge >= 0.3 is 0 Å². The molecule has 2 saturated heterocycles. The van der Waals surface area contributed by atoms with Crippen LogP contribution in [0.3, 0.4) is 0 Å². The number of H-pyrrole nitrogens is 2. The predicted octanol–water partition coefficient (Wildman–Crippen LogP) is 2.92. The molecule has 2 aromatic heterocycles. The van der Waals surface area contributed by atoms with Gasteiger partial charge in [-0.2, -0.15) is 0 Å². The average molecular weight is 485 g/mol. The van der Waals surface area contributed by atoms with Crippen LogP contribution < -0.4 is 5.32 Å². The van der Waals surface area contributed by atoms with Crippen LogP contribution in [0.5, 0.6) is 0 Å². The maximum Gasteiger partial charge on any atom is 0.290 e. The van der Waals surface area contributed by atoms with Crippen molar-refractivity contribution in [3.63, 3.8) is 0 Å². The monoisotopic (exact) mass is 484 g/mol. The molecule has 0 spiro atoms. The maximum atomic E-state index is 13.6. The zero-order chi connectivity index (χ0) is 25.0. The lowest BCUT2D eigenvalue weighted by molar-refractivity contribution is -0.136. The first kappa shape index (κ1) is 22.3. The highest BCUT2D eigenvalue weighted by Crippen LogP contribution is 2.33. The smallest absolute Gasteiger partial charge is 0.290 e. The number of carbonyl (C=O) groups excluding carboxylic acids is 3. The van der Waals surface area contributed by atoms with E-state index in [4.69, 9.17) is 0 Å². The van der Waals surface area contributed by atoms with Gasteiger partial charge in [-0.15, -0.1) is 0 Å². The van der Waals surface area contributed by atoms with Gasteiger partial charge in [0.15, 0.2) is 5.82 Å². The first-order valence-corrected chi connectivity index (χ1v) is 12.3. The molecule has 0 saturated carbocycles. The van der Waals surface area contributed by atoms with Crippen molar-refractivity contribution in [1.29, 1.82) is 0 Å². The van der Waals surface area contributed by atoms with Crippen molar-refractivity contribution in [2.24, 2.45) is 5.92 Å². The van der Waals surface area contributed by atoms with Gasteiger partial charge in [0.05, 0.1) is 23.1 Å². The van der Waals surface area contributed by atoms with Gasteiger partial charge in [-0.3, -0.25) is 14.4 Å². The summed E-state index contributed by atoms with van der Waals surface area (Å²) in [5.74, 6) is -0.300. The van der Waals surface area contributed by atoms with Crippen LogP contribution in [-0.2, 0) is 4.79 Å². The fraction of sp³-hybridized carbons (Fsp3) is 0.333. The molecule has 0 aliphatic carbocycles. The standard InChI is InChI=1S/C27H28N6O3/c1-15(2)23(31-25(34)22-11-16-7-3-4-8-19(16)28-22)26(35)32-13-18-12-17(32)14-33(18)27(36)24-29-20-9-5-6-10-21(20)30-24/h3-11,15,17-18,23,28H,12-14H2,1-2H3,(H,29,30)(H,31,34)/t17-,18-,23-/m0/s1. The van der Waals surface area contributed by atoms with E-state index in [0.29, 0.717) is 24.6 Å². The highest BCUT2D eigenvalue weighted by atomic mass is 16.2. The molecule has 9 nitrogen and oxygen atoms in total. The highest BCUT2D eigenvalue weighted by Gasteiger charge is 2.49. The Balaban J connectivity index is 1.14. The van der Waals surface area contributed by atoms with Crippen molar-refractivity contribution < 1.29 is 14.4 Å². The summed E-state index contributed by atoms with van der Waals surface area (Å²) in [6, 6.07) is 16.3. The van der Waals surface area contributed by atoms with E-state index in [2.05, 4.69) is 20.3 Å². The normalized spacial score (nSPS) is 20.0. The number of rotatable bonds is 5. The van der Waals surface area contributed by atoms with Crippen LogP contribution in [-0.4, -0.2) is 73.7 Å². The molecule has 9 heteroatoms. The number of amides is 3. The van der Waals surface area contributed by atoms with E-state index in [-0.39, 0.29) is 35.7 Å². The Bertz CT molecular complexity index is 1420. The molecule has 2 aliphatic heterocycles. The number of hydrogen-bond donors (Lipinski definition) is 3. The van der Waals surface area contributed by atoms with Crippen LogP contribution in [0.4, 0.5) is 0 Å². The summed E-state index contributed by atoms with van der Waals surface area (Å²) in [5.41, 5.74) is 2.89. The topological polar surface area (TPSA) is 114 Å². The van der Waals surface area contributed by atoms with Crippen molar-refractivity contribution in [3.05, 3.63) is 66.1 Å². The van der Waals surface area contributed by atoms with E-state index in [1.165, 1.54) is 0 Å². The second-order valence-corrected chi connectivity index (χ2v) is 10.1. The van der Waals surface area contributed by atoms with Gasteiger partial charge in [-0.25, -0.2) is 4.98 Å². The molecule has 4 heterocycles. The first-order chi connectivity index (χ1) is 17.4. The lowest BCUT2D eigenvalue weighted by Gasteiger charge is -2.36. The van der Waals surface area contributed by atoms with Crippen molar-refractivity contribution >= 4 is 39.7 Å². The van der Waals surface area contributed by atoms with Crippen molar-refractivity contribution in [1.82, 2.24) is 30.1 Å². The van der Waals surface area contributed by atoms with Crippen LogP contribution in [0.25, 0.3) is 21.9 Å². The zero-order valence-electron chi connectivity index (χ0n) is 20.2. The number of nitrogens with zero attached hydrogens (tertiary/aromatic N) is 3. The minimum atomic E-state index is -0.650. The molecular weight excluding hydrogens is 456 g/mol. The summed E-state index contributed by atoms with van der Waals surface area (Å²) in [4.78, 5) is 54.1. The quantitative estimate of drug-likeness (QED) is 0.404. The Morgan fingerprint density at radius 3 is 2.33 bits per heavy atom. The Hall–Kier alpha value is -4.14. The molecule has 6 rings (SSSR count). The van der Waals surface area contributed by atoms with E-state index in [0.717, 1.165) is 28.4 Å². The summed E-state index contributed by atoms with van der Waals surface area (Å²) in [6.45, 7) is 4.79. The number of aromatic amines is 2. The van der Waals surface area contributed by atoms with E-state index in [9.17, 15) is 14.4 Å². The number of carbonyl (C=O) groups is 3. The number of imidazole rings is 1. The minimum absolute atomic E-state index is 0.0584. The maximum absolute atomic E-state index is 13.6. The molecule has 0 unspecified atom stereocenters.